The van der Waals surface area contributed by atoms with Crippen molar-refractivity contribution in [1.82, 2.24) is 0 Å². The van der Waals surface area contributed by atoms with Gasteiger partial charge in [-0.3, -0.25) is 0 Å². The molecule has 7 heteroatoms. The third-order valence-corrected chi connectivity index (χ3v) is 4.24. The van der Waals surface area contributed by atoms with Crippen LogP contribution in [0.15, 0.2) is 39.3 Å². The first-order chi connectivity index (χ1) is 10.4. The summed E-state index contributed by atoms with van der Waals surface area (Å²) in [4.78, 5) is 11.9. The molecule has 0 radical (unpaired) electrons. The van der Waals surface area contributed by atoms with Crippen LogP contribution < -0.4 is 9.47 Å². The van der Waals surface area contributed by atoms with E-state index in [1.165, 1.54) is 0 Å². The Bertz CT molecular complexity index is 697. The van der Waals surface area contributed by atoms with Gasteiger partial charge in [0.25, 0.3) is 0 Å². The summed E-state index contributed by atoms with van der Waals surface area (Å²) in [6, 6.07) is 8.48. The predicted molar refractivity (Wildman–Crippen MR) is 94.2 cm³/mol. The quantitative estimate of drug-likeness (QED) is 0.419. The van der Waals surface area contributed by atoms with Crippen LogP contribution in [0.25, 0.3) is 0 Å². The van der Waals surface area contributed by atoms with Crippen molar-refractivity contribution in [2.75, 3.05) is 6.61 Å². The molecular formula is C15H10Br2Cl2O3. The number of benzene rings is 2. The van der Waals surface area contributed by atoms with Crippen LogP contribution in [0.2, 0.25) is 10.0 Å². The van der Waals surface area contributed by atoms with E-state index in [1.807, 2.05) is 6.07 Å². The molecule has 0 bridgehead atoms. The Morgan fingerprint density at radius 3 is 2.55 bits per heavy atom. The summed E-state index contributed by atoms with van der Waals surface area (Å²) in [6.45, 7) is 1.56. The van der Waals surface area contributed by atoms with Crippen LogP contribution in [-0.2, 0) is 4.79 Å². The highest BCUT2D eigenvalue weighted by Crippen LogP contribution is 2.32. The first-order valence-corrected chi connectivity index (χ1v) is 8.45. The van der Waals surface area contributed by atoms with Gasteiger partial charge in [-0.05, 0) is 58.7 Å². The van der Waals surface area contributed by atoms with E-state index in [4.69, 9.17) is 32.7 Å². The number of carbonyl (C=O) groups excluding carboxylic acids is 1. The number of ether oxygens (including phenoxy) is 2. The van der Waals surface area contributed by atoms with Crippen LogP contribution in [0, 0.1) is 6.92 Å². The molecular weight excluding hydrogens is 459 g/mol. The Labute approximate surface area is 154 Å². The molecule has 2 rings (SSSR count). The number of rotatable bonds is 4. The molecule has 0 atom stereocenters. The Morgan fingerprint density at radius 1 is 1.18 bits per heavy atom. The molecule has 0 aliphatic rings. The first kappa shape index (κ1) is 17.6. The molecule has 0 amide bonds. The molecule has 2 aromatic carbocycles. The molecule has 0 spiro atoms. The highest BCUT2D eigenvalue weighted by molar-refractivity contribution is 9.10. The molecule has 0 saturated heterocycles. The van der Waals surface area contributed by atoms with E-state index in [-0.39, 0.29) is 6.61 Å². The third-order valence-electron chi connectivity index (χ3n) is 2.65. The van der Waals surface area contributed by atoms with Crippen molar-refractivity contribution in [3.8, 4) is 11.5 Å². The van der Waals surface area contributed by atoms with Crippen molar-refractivity contribution in [3.63, 3.8) is 0 Å². The summed E-state index contributed by atoms with van der Waals surface area (Å²) in [5.41, 5.74) is 0.750. The predicted octanol–water partition coefficient (Wildman–Crippen LogP) is 5.81. The number of halogens is 4. The Hall–Kier alpha value is -0.750. The number of hydrogen-bond acceptors (Lipinski definition) is 3. The minimum absolute atomic E-state index is 0.244. The molecule has 0 aliphatic heterocycles. The summed E-state index contributed by atoms with van der Waals surface area (Å²) in [5.74, 6) is 0.280. The van der Waals surface area contributed by atoms with E-state index in [1.54, 1.807) is 31.2 Å². The highest BCUT2D eigenvalue weighted by Gasteiger charge is 2.13. The van der Waals surface area contributed by atoms with Crippen LogP contribution in [0.1, 0.15) is 5.56 Å². The lowest BCUT2D eigenvalue weighted by atomic mass is 10.2. The van der Waals surface area contributed by atoms with E-state index < -0.39 is 5.97 Å². The number of aryl methyl sites for hydroxylation is 1. The lowest BCUT2D eigenvalue weighted by Crippen LogP contribution is -2.18. The summed E-state index contributed by atoms with van der Waals surface area (Å²) < 4.78 is 12.1. The van der Waals surface area contributed by atoms with Gasteiger partial charge in [0.1, 0.15) is 5.75 Å². The topological polar surface area (TPSA) is 35.5 Å². The molecule has 0 aromatic heterocycles. The molecule has 22 heavy (non-hydrogen) atoms. The second-order valence-electron chi connectivity index (χ2n) is 4.37. The number of esters is 1. The lowest BCUT2D eigenvalue weighted by Gasteiger charge is -2.11. The van der Waals surface area contributed by atoms with Gasteiger partial charge in [-0.25, -0.2) is 4.79 Å². The zero-order chi connectivity index (χ0) is 16.3. The molecule has 3 nitrogen and oxygen atoms in total. The van der Waals surface area contributed by atoms with E-state index in [0.29, 0.717) is 26.0 Å². The largest absolute Gasteiger partial charge is 0.481 e. The molecule has 0 saturated carbocycles. The fraction of sp³-hybridized carbons (Fsp3) is 0.133. The average Bonchev–Trinajstić information content (AvgIpc) is 2.42. The van der Waals surface area contributed by atoms with Gasteiger partial charge in [-0.15, -0.1) is 0 Å². The van der Waals surface area contributed by atoms with E-state index in [2.05, 4.69) is 31.9 Å². The third kappa shape index (κ3) is 4.62. The van der Waals surface area contributed by atoms with E-state index in [9.17, 15) is 4.79 Å². The van der Waals surface area contributed by atoms with Gasteiger partial charge >= 0.3 is 5.97 Å². The normalized spacial score (nSPS) is 10.4. The average molecular weight is 469 g/mol. The van der Waals surface area contributed by atoms with E-state index >= 15 is 0 Å². The fourth-order valence-electron chi connectivity index (χ4n) is 1.69. The van der Waals surface area contributed by atoms with Crippen LogP contribution in [0.5, 0.6) is 11.5 Å². The number of carbonyl (C=O) groups is 1. The van der Waals surface area contributed by atoms with E-state index in [0.717, 1.165) is 10.0 Å². The molecule has 0 heterocycles. The monoisotopic (exact) mass is 466 g/mol. The second-order valence-corrected chi connectivity index (χ2v) is 6.98. The Balaban J connectivity index is 2.02. The van der Waals surface area contributed by atoms with Gasteiger partial charge in [0.15, 0.2) is 12.4 Å². The maximum absolute atomic E-state index is 11.9. The summed E-state index contributed by atoms with van der Waals surface area (Å²) in [5, 5.41) is 0.923. The van der Waals surface area contributed by atoms with Crippen molar-refractivity contribution < 1.29 is 14.3 Å². The van der Waals surface area contributed by atoms with Gasteiger partial charge in [-0.1, -0.05) is 39.1 Å². The minimum Gasteiger partial charge on any atom is -0.481 e. The van der Waals surface area contributed by atoms with Gasteiger partial charge in [0.05, 0.1) is 9.50 Å². The van der Waals surface area contributed by atoms with Crippen molar-refractivity contribution in [3.05, 3.63) is 54.9 Å². The summed E-state index contributed by atoms with van der Waals surface area (Å²) in [7, 11) is 0. The van der Waals surface area contributed by atoms with Gasteiger partial charge in [-0.2, -0.15) is 0 Å². The second kappa shape index (κ2) is 7.68. The molecule has 0 aliphatic carbocycles. The smallest absolute Gasteiger partial charge is 0.349 e. The molecule has 0 unspecified atom stereocenters. The van der Waals surface area contributed by atoms with Crippen LogP contribution in [0.3, 0.4) is 0 Å². The first-order valence-electron chi connectivity index (χ1n) is 6.11. The zero-order valence-electron chi connectivity index (χ0n) is 11.3. The molecule has 0 fully saturated rings. The van der Waals surface area contributed by atoms with Gasteiger partial charge < -0.3 is 9.47 Å². The van der Waals surface area contributed by atoms with Crippen molar-refractivity contribution >= 4 is 61.0 Å². The van der Waals surface area contributed by atoms with Gasteiger partial charge in [0, 0.05) is 9.50 Å². The molecule has 0 N–H and O–H groups in total. The van der Waals surface area contributed by atoms with Crippen molar-refractivity contribution in [1.29, 1.82) is 0 Å². The van der Waals surface area contributed by atoms with Gasteiger partial charge in [0.2, 0.25) is 0 Å². The van der Waals surface area contributed by atoms with Crippen LogP contribution in [-0.4, -0.2) is 12.6 Å². The summed E-state index contributed by atoms with van der Waals surface area (Å²) >= 11 is 18.5. The SMILES string of the molecule is Cc1cc(Br)cc(Cl)c1OC(=O)COc1ccc(Cl)cc1Br. The highest BCUT2D eigenvalue weighted by atomic mass is 79.9. The fourth-order valence-corrected chi connectivity index (χ4v) is 3.50. The zero-order valence-corrected chi connectivity index (χ0v) is 16.0. The number of hydrogen-bond donors (Lipinski definition) is 0. The maximum atomic E-state index is 11.9. The van der Waals surface area contributed by atoms with Crippen molar-refractivity contribution in [2.24, 2.45) is 0 Å². The lowest BCUT2D eigenvalue weighted by molar-refractivity contribution is -0.136. The van der Waals surface area contributed by atoms with Crippen LogP contribution in [0.4, 0.5) is 0 Å². The summed E-state index contributed by atoms with van der Waals surface area (Å²) in [6.07, 6.45) is 0. The Morgan fingerprint density at radius 2 is 1.91 bits per heavy atom. The van der Waals surface area contributed by atoms with Crippen LogP contribution >= 0.6 is 55.1 Å². The maximum Gasteiger partial charge on any atom is 0.349 e. The standard InChI is InChI=1S/C15H10Br2Cl2O3/c1-8-4-9(16)5-12(19)15(8)22-14(20)7-21-13-3-2-10(18)6-11(13)17/h2-6H,7H2,1H3. The molecule has 116 valence electrons. The minimum atomic E-state index is -0.547. The molecule has 2 aromatic rings. The Kier molecular flexibility index (Phi) is 6.15. The van der Waals surface area contributed by atoms with Crippen molar-refractivity contribution in [2.45, 2.75) is 6.92 Å².